The summed E-state index contributed by atoms with van der Waals surface area (Å²) >= 11 is 0. The predicted molar refractivity (Wildman–Crippen MR) is 114 cm³/mol. The zero-order chi connectivity index (χ0) is 20.3. The molecule has 29 heavy (non-hydrogen) atoms. The Kier molecular flexibility index (Phi) is 6.79. The fourth-order valence-corrected chi connectivity index (χ4v) is 5.98. The number of rotatable bonds is 3. The minimum Gasteiger partial charge on any atom is -0.492 e. The number of ether oxygens (including phenoxy) is 2. The van der Waals surface area contributed by atoms with Crippen LogP contribution in [0.5, 0.6) is 5.75 Å². The van der Waals surface area contributed by atoms with E-state index in [9.17, 15) is 8.42 Å². The number of nitrogens with zero attached hydrogens (tertiary/aromatic N) is 1. The third-order valence-electron chi connectivity index (χ3n) is 6.78. The average Bonchev–Trinajstić information content (AvgIpc) is 2.75. The van der Waals surface area contributed by atoms with E-state index < -0.39 is 10.0 Å². The van der Waals surface area contributed by atoms with Gasteiger partial charge >= 0.3 is 0 Å². The second-order valence-corrected chi connectivity index (χ2v) is 10.6. The van der Waals surface area contributed by atoms with Crippen molar-refractivity contribution in [3.8, 4) is 5.75 Å². The highest BCUT2D eigenvalue weighted by molar-refractivity contribution is 7.89. The summed E-state index contributed by atoms with van der Waals surface area (Å²) in [6, 6.07) is 8.41. The van der Waals surface area contributed by atoms with Crippen molar-refractivity contribution in [1.82, 2.24) is 9.62 Å². The van der Waals surface area contributed by atoms with Crippen LogP contribution in [-0.4, -0.2) is 63.6 Å². The van der Waals surface area contributed by atoms with Crippen LogP contribution in [-0.2, 0) is 14.8 Å². The SMILES string of the molecule is CCS(=O)(=O)NC1CCCN2CCOc3ccccc3C3CCC(CC3)OC[C@@H]12. The van der Waals surface area contributed by atoms with Crippen LogP contribution in [0, 0.1) is 0 Å². The largest absolute Gasteiger partial charge is 0.492 e. The van der Waals surface area contributed by atoms with Crippen LogP contribution in [0.4, 0.5) is 0 Å². The summed E-state index contributed by atoms with van der Waals surface area (Å²) in [6.45, 7) is 4.61. The molecule has 0 aromatic heterocycles. The van der Waals surface area contributed by atoms with E-state index in [1.54, 1.807) is 6.92 Å². The molecule has 7 heteroatoms. The minimum absolute atomic E-state index is 0.0578. The number of benzene rings is 1. The third kappa shape index (κ3) is 5.13. The Balaban J connectivity index is 1.55. The molecule has 1 N–H and O–H groups in total. The molecular formula is C22H34N2O4S. The molecule has 6 nitrogen and oxygen atoms in total. The molecule has 0 spiro atoms. The molecule has 3 heterocycles. The van der Waals surface area contributed by atoms with Crippen LogP contribution in [0.15, 0.2) is 24.3 Å². The lowest BCUT2D eigenvalue weighted by Crippen LogP contribution is -2.58. The van der Waals surface area contributed by atoms with Crippen molar-refractivity contribution in [3.63, 3.8) is 0 Å². The zero-order valence-electron chi connectivity index (χ0n) is 17.4. The summed E-state index contributed by atoms with van der Waals surface area (Å²) in [5.41, 5.74) is 1.33. The number of sulfonamides is 1. The molecule has 162 valence electrons. The van der Waals surface area contributed by atoms with Gasteiger partial charge in [0.15, 0.2) is 0 Å². The molecule has 1 saturated heterocycles. The van der Waals surface area contributed by atoms with E-state index in [4.69, 9.17) is 9.47 Å². The maximum atomic E-state index is 12.2. The van der Waals surface area contributed by atoms with Crippen LogP contribution >= 0.6 is 0 Å². The standard InChI is InChI=1S/C22H34N2O4S/c1-2-29(25,26)23-20-7-5-13-24-14-15-27-22-8-4-3-6-19(22)17-9-11-18(12-10-17)28-16-21(20)24/h3-4,6,8,17-18,20-21,23H,2,5,7,9-16H2,1H3/t17?,18?,20?,21-/m0/s1. The van der Waals surface area contributed by atoms with Gasteiger partial charge in [0.2, 0.25) is 10.0 Å². The first-order chi connectivity index (χ1) is 14.1. The van der Waals surface area contributed by atoms with E-state index in [2.05, 4.69) is 27.8 Å². The molecule has 2 fully saturated rings. The van der Waals surface area contributed by atoms with E-state index in [-0.39, 0.29) is 23.9 Å². The Bertz CT molecular complexity index is 777. The zero-order valence-corrected chi connectivity index (χ0v) is 18.2. The van der Waals surface area contributed by atoms with Gasteiger partial charge in [0.05, 0.1) is 18.5 Å². The van der Waals surface area contributed by atoms with Gasteiger partial charge in [-0.3, -0.25) is 4.90 Å². The van der Waals surface area contributed by atoms with E-state index >= 15 is 0 Å². The van der Waals surface area contributed by atoms with Gasteiger partial charge < -0.3 is 9.47 Å². The monoisotopic (exact) mass is 422 g/mol. The molecule has 4 aliphatic rings. The number of piperidine rings is 1. The molecule has 2 bridgehead atoms. The summed E-state index contributed by atoms with van der Waals surface area (Å²) in [5, 5.41) is 0. The van der Waals surface area contributed by atoms with Crippen LogP contribution in [0.1, 0.15) is 56.9 Å². The first-order valence-electron chi connectivity index (χ1n) is 11.1. The minimum atomic E-state index is -3.24. The molecule has 1 aromatic carbocycles. The van der Waals surface area contributed by atoms with Crippen LogP contribution < -0.4 is 9.46 Å². The molecule has 2 atom stereocenters. The molecule has 5 rings (SSSR count). The van der Waals surface area contributed by atoms with E-state index in [1.807, 2.05) is 6.07 Å². The van der Waals surface area contributed by atoms with Gasteiger partial charge in [-0.2, -0.15) is 0 Å². The second kappa shape index (κ2) is 9.33. The summed E-state index contributed by atoms with van der Waals surface area (Å²) in [6.07, 6.45) is 6.45. The van der Waals surface area contributed by atoms with Crippen LogP contribution in [0.2, 0.25) is 0 Å². The molecule has 1 aromatic rings. The first kappa shape index (κ1) is 21.1. The van der Waals surface area contributed by atoms with E-state index in [0.29, 0.717) is 19.1 Å². The lowest BCUT2D eigenvalue weighted by atomic mass is 9.82. The van der Waals surface area contributed by atoms with Gasteiger partial charge in [-0.15, -0.1) is 0 Å². The maximum Gasteiger partial charge on any atom is 0.211 e. The molecule has 1 saturated carbocycles. The van der Waals surface area contributed by atoms with Crippen molar-refractivity contribution in [1.29, 1.82) is 0 Å². The lowest BCUT2D eigenvalue weighted by molar-refractivity contribution is -0.0284. The number of fused-ring (bicyclic) bond motifs is 5. The fraction of sp³-hybridized carbons (Fsp3) is 0.727. The molecule has 1 aliphatic carbocycles. The summed E-state index contributed by atoms with van der Waals surface area (Å²) in [7, 11) is -3.24. The topological polar surface area (TPSA) is 67.9 Å². The summed E-state index contributed by atoms with van der Waals surface area (Å²) < 4.78 is 40.0. The Morgan fingerprint density at radius 2 is 1.90 bits per heavy atom. The van der Waals surface area contributed by atoms with Crippen molar-refractivity contribution in [2.24, 2.45) is 0 Å². The number of para-hydroxylation sites is 1. The first-order valence-corrected chi connectivity index (χ1v) is 12.8. The van der Waals surface area contributed by atoms with Crippen LogP contribution in [0.3, 0.4) is 0 Å². The molecule has 1 unspecified atom stereocenters. The normalized spacial score (nSPS) is 31.5. The average molecular weight is 423 g/mol. The van der Waals surface area contributed by atoms with Gasteiger partial charge in [-0.1, -0.05) is 18.2 Å². The second-order valence-electron chi connectivity index (χ2n) is 8.57. The van der Waals surface area contributed by atoms with E-state index in [0.717, 1.165) is 57.4 Å². The Labute approximate surface area is 175 Å². The Morgan fingerprint density at radius 3 is 2.69 bits per heavy atom. The van der Waals surface area contributed by atoms with Crippen molar-refractivity contribution >= 4 is 10.0 Å². The highest BCUT2D eigenvalue weighted by Crippen LogP contribution is 2.38. The van der Waals surface area contributed by atoms with Crippen molar-refractivity contribution < 1.29 is 17.9 Å². The summed E-state index contributed by atoms with van der Waals surface area (Å²) in [4.78, 5) is 2.36. The molecule has 0 radical (unpaired) electrons. The predicted octanol–water partition coefficient (Wildman–Crippen LogP) is 2.89. The number of nitrogens with one attached hydrogen (secondary N) is 1. The Hall–Kier alpha value is -1.15. The van der Waals surface area contributed by atoms with Crippen LogP contribution in [0.25, 0.3) is 0 Å². The van der Waals surface area contributed by atoms with E-state index in [1.165, 1.54) is 5.56 Å². The molecule has 3 aliphatic heterocycles. The molecule has 0 amide bonds. The number of hydrogen-bond acceptors (Lipinski definition) is 5. The maximum absolute atomic E-state index is 12.2. The lowest BCUT2D eigenvalue weighted by Gasteiger charge is -2.42. The molecular weight excluding hydrogens is 388 g/mol. The number of hydrogen-bond donors (Lipinski definition) is 1. The highest BCUT2D eigenvalue weighted by Gasteiger charge is 2.35. The highest BCUT2D eigenvalue weighted by atomic mass is 32.2. The smallest absolute Gasteiger partial charge is 0.211 e. The van der Waals surface area contributed by atoms with Gasteiger partial charge in [0.1, 0.15) is 12.4 Å². The van der Waals surface area contributed by atoms with Crippen molar-refractivity contribution in [2.45, 2.75) is 69.6 Å². The Morgan fingerprint density at radius 1 is 1.10 bits per heavy atom. The van der Waals surface area contributed by atoms with Crippen molar-refractivity contribution in [3.05, 3.63) is 29.8 Å². The van der Waals surface area contributed by atoms with Crippen molar-refractivity contribution in [2.75, 3.05) is 32.1 Å². The fourth-order valence-electron chi connectivity index (χ4n) is 5.07. The third-order valence-corrected chi connectivity index (χ3v) is 8.20. The van der Waals surface area contributed by atoms with Gasteiger partial charge in [0, 0.05) is 18.6 Å². The van der Waals surface area contributed by atoms with Gasteiger partial charge in [0.25, 0.3) is 0 Å². The quantitative estimate of drug-likeness (QED) is 0.811. The van der Waals surface area contributed by atoms with Gasteiger partial charge in [-0.05, 0) is 69.5 Å². The van der Waals surface area contributed by atoms with Gasteiger partial charge in [-0.25, -0.2) is 13.1 Å². The summed E-state index contributed by atoms with van der Waals surface area (Å²) in [5.74, 6) is 1.66.